The molecule has 29 heavy (non-hydrogen) atoms. The van der Waals surface area contributed by atoms with Crippen molar-refractivity contribution in [1.29, 1.82) is 0 Å². The van der Waals surface area contributed by atoms with E-state index in [4.69, 9.17) is 0 Å². The maximum absolute atomic E-state index is 13.3. The Balaban J connectivity index is 1.67. The zero-order valence-electron chi connectivity index (χ0n) is 15.8. The quantitative estimate of drug-likeness (QED) is 0.444. The predicted molar refractivity (Wildman–Crippen MR) is 112 cm³/mol. The predicted octanol–water partition coefficient (Wildman–Crippen LogP) is 4.38. The van der Waals surface area contributed by atoms with Crippen LogP contribution >= 0.6 is 11.8 Å². The highest BCUT2D eigenvalue weighted by atomic mass is 32.2. The Morgan fingerprint density at radius 2 is 1.93 bits per heavy atom. The lowest BCUT2D eigenvalue weighted by molar-refractivity contribution is -0.120. The van der Waals surface area contributed by atoms with Gasteiger partial charge in [-0.15, -0.1) is 16.8 Å². The van der Waals surface area contributed by atoms with Gasteiger partial charge < -0.3 is 5.32 Å². The summed E-state index contributed by atoms with van der Waals surface area (Å²) in [4.78, 5) is 12.9. The molecule has 2 aromatic carbocycles. The van der Waals surface area contributed by atoms with E-state index in [-0.39, 0.29) is 17.8 Å². The van der Waals surface area contributed by atoms with Gasteiger partial charge >= 0.3 is 0 Å². The summed E-state index contributed by atoms with van der Waals surface area (Å²) in [5.74, 6) is 0.279. The highest BCUT2D eigenvalue weighted by Crippen LogP contribution is 2.37. The van der Waals surface area contributed by atoms with Crippen LogP contribution in [0.25, 0.3) is 11.4 Å². The molecule has 1 aliphatic rings. The van der Waals surface area contributed by atoms with E-state index in [1.165, 1.54) is 23.9 Å². The number of hydrogen-bond donors (Lipinski definition) is 1. The summed E-state index contributed by atoms with van der Waals surface area (Å²) in [5, 5.41) is 11.9. The number of carbonyl (C=O) groups excluding carboxylic acids is 1. The Morgan fingerprint density at radius 3 is 2.59 bits per heavy atom. The first-order valence-corrected chi connectivity index (χ1v) is 10.4. The van der Waals surface area contributed by atoms with Crippen molar-refractivity contribution >= 4 is 17.7 Å². The summed E-state index contributed by atoms with van der Waals surface area (Å²) in [7, 11) is 0. The van der Waals surface area contributed by atoms with Crippen LogP contribution < -0.4 is 5.32 Å². The number of rotatable bonds is 8. The van der Waals surface area contributed by atoms with E-state index in [1.54, 1.807) is 18.2 Å². The molecular weight excluding hydrogens is 387 g/mol. The van der Waals surface area contributed by atoms with Gasteiger partial charge in [-0.3, -0.25) is 9.36 Å². The highest BCUT2D eigenvalue weighted by molar-refractivity contribution is 8.00. The standard InChI is InChI=1S/C22H21FN4OS/c1-2-14-27-20(16-8-10-17(23)11-9-16)25-26-22(27)29-19(15-6-4-3-5-7-15)21(28)24-18-12-13-18/h2-11,18-19H,1,12-14H2,(H,24,28)/t19-/m1/s1. The SMILES string of the molecule is C=CCn1c(S[C@@H](C(=O)NC2CC2)c2ccccc2)nnc1-c1ccc(F)cc1. The molecule has 1 saturated carbocycles. The van der Waals surface area contributed by atoms with Crippen LogP contribution in [-0.4, -0.2) is 26.7 Å². The normalized spacial score (nSPS) is 14.4. The number of nitrogens with zero attached hydrogens (tertiary/aromatic N) is 3. The molecule has 5 nitrogen and oxygen atoms in total. The summed E-state index contributed by atoms with van der Waals surface area (Å²) in [6.45, 7) is 4.30. The first kappa shape index (κ1) is 19.4. The minimum Gasteiger partial charge on any atom is -0.352 e. The smallest absolute Gasteiger partial charge is 0.238 e. The number of nitrogens with one attached hydrogen (secondary N) is 1. The van der Waals surface area contributed by atoms with Crippen molar-refractivity contribution in [2.75, 3.05) is 0 Å². The molecule has 0 bridgehead atoms. The number of aromatic nitrogens is 3. The maximum Gasteiger partial charge on any atom is 0.238 e. The van der Waals surface area contributed by atoms with Crippen LogP contribution in [-0.2, 0) is 11.3 Å². The molecule has 1 heterocycles. The van der Waals surface area contributed by atoms with Crippen LogP contribution in [0, 0.1) is 5.82 Å². The van der Waals surface area contributed by atoms with Gasteiger partial charge in [0.05, 0.1) is 0 Å². The van der Waals surface area contributed by atoms with E-state index in [1.807, 2.05) is 34.9 Å². The molecule has 1 N–H and O–H groups in total. The Kier molecular flexibility index (Phi) is 5.76. The molecule has 7 heteroatoms. The van der Waals surface area contributed by atoms with Gasteiger partial charge in [-0.2, -0.15) is 0 Å². The first-order valence-electron chi connectivity index (χ1n) is 9.47. The van der Waals surface area contributed by atoms with Gasteiger partial charge in [0.15, 0.2) is 11.0 Å². The van der Waals surface area contributed by atoms with E-state index in [0.29, 0.717) is 17.5 Å². The van der Waals surface area contributed by atoms with Crippen molar-refractivity contribution in [3.05, 3.63) is 78.6 Å². The largest absolute Gasteiger partial charge is 0.352 e. The van der Waals surface area contributed by atoms with E-state index < -0.39 is 5.25 Å². The van der Waals surface area contributed by atoms with Crippen LogP contribution in [0.3, 0.4) is 0 Å². The highest BCUT2D eigenvalue weighted by Gasteiger charge is 2.30. The molecule has 0 radical (unpaired) electrons. The number of benzene rings is 2. The van der Waals surface area contributed by atoms with Gasteiger partial charge in [0, 0.05) is 18.2 Å². The third kappa shape index (κ3) is 4.56. The number of amides is 1. The molecule has 1 aromatic heterocycles. The average molecular weight is 409 g/mol. The molecule has 3 aromatic rings. The van der Waals surface area contributed by atoms with E-state index in [0.717, 1.165) is 24.0 Å². The molecule has 0 spiro atoms. The number of thioether (sulfide) groups is 1. The third-order valence-electron chi connectivity index (χ3n) is 4.62. The molecule has 0 aliphatic heterocycles. The van der Waals surface area contributed by atoms with Crippen LogP contribution in [0.1, 0.15) is 23.7 Å². The molecule has 1 aliphatic carbocycles. The second-order valence-electron chi connectivity index (χ2n) is 6.90. The maximum atomic E-state index is 13.3. The molecule has 148 valence electrons. The summed E-state index contributed by atoms with van der Waals surface area (Å²) in [5.41, 5.74) is 1.67. The van der Waals surface area contributed by atoms with Crippen molar-refractivity contribution in [2.24, 2.45) is 0 Å². The van der Waals surface area contributed by atoms with Crippen molar-refractivity contribution in [2.45, 2.75) is 35.8 Å². The minimum absolute atomic E-state index is 0.0276. The number of carbonyl (C=O) groups is 1. The number of hydrogen-bond acceptors (Lipinski definition) is 4. The first-order chi connectivity index (χ1) is 14.2. The Labute approximate surface area is 173 Å². The lowest BCUT2D eigenvalue weighted by Crippen LogP contribution is -2.30. The van der Waals surface area contributed by atoms with E-state index >= 15 is 0 Å². The molecule has 4 rings (SSSR count). The fourth-order valence-corrected chi connectivity index (χ4v) is 4.05. The van der Waals surface area contributed by atoms with Crippen molar-refractivity contribution < 1.29 is 9.18 Å². The fourth-order valence-electron chi connectivity index (χ4n) is 2.99. The van der Waals surface area contributed by atoms with Gasteiger partial charge in [0.25, 0.3) is 0 Å². The van der Waals surface area contributed by atoms with Crippen LogP contribution in [0.15, 0.2) is 72.4 Å². The molecule has 0 saturated heterocycles. The Bertz CT molecular complexity index is 999. The second kappa shape index (κ2) is 8.61. The monoisotopic (exact) mass is 408 g/mol. The average Bonchev–Trinajstić information content (AvgIpc) is 3.47. The van der Waals surface area contributed by atoms with E-state index in [2.05, 4.69) is 22.1 Å². The zero-order valence-corrected chi connectivity index (χ0v) is 16.6. The summed E-state index contributed by atoms with van der Waals surface area (Å²) >= 11 is 1.36. The second-order valence-corrected chi connectivity index (χ2v) is 7.98. The van der Waals surface area contributed by atoms with Gasteiger partial charge in [0.2, 0.25) is 5.91 Å². The summed E-state index contributed by atoms with van der Waals surface area (Å²) < 4.78 is 15.2. The topological polar surface area (TPSA) is 59.8 Å². The lowest BCUT2D eigenvalue weighted by Gasteiger charge is -2.17. The number of allylic oxidation sites excluding steroid dienone is 1. The molecule has 1 atom stereocenters. The van der Waals surface area contributed by atoms with Crippen molar-refractivity contribution in [3.8, 4) is 11.4 Å². The Morgan fingerprint density at radius 1 is 1.21 bits per heavy atom. The number of halogens is 1. The molecule has 0 unspecified atom stereocenters. The van der Waals surface area contributed by atoms with Crippen molar-refractivity contribution in [1.82, 2.24) is 20.1 Å². The molecule has 1 fully saturated rings. The zero-order chi connectivity index (χ0) is 20.2. The van der Waals surface area contributed by atoms with Gasteiger partial charge in [-0.25, -0.2) is 4.39 Å². The fraction of sp³-hybridized carbons (Fsp3) is 0.227. The van der Waals surface area contributed by atoms with Crippen LogP contribution in [0.4, 0.5) is 4.39 Å². The Hall–Kier alpha value is -2.93. The van der Waals surface area contributed by atoms with Crippen LogP contribution in [0.2, 0.25) is 0 Å². The van der Waals surface area contributed by atoms with Gasteiger partial charge in [-0.1, -0.05) is 48.2 Å². The van der Waals surface area contributed by atoms with E-state index in [9.17, 15) is 9.18 Å². The molecular formula is C22H21FN4OS. The van der Waals surface area contributed by atoms with Crippen molar-refractivity contribution in [3.63, 3.8) is 0 Å². The summed E-state index contributed by atoms with van der Waals surface area (Å²) in [6, 6.07) is 16.1. The summed E-state index contributed by atoms with van der Waals surface area (Å²) in [6.07, 6.45) is 3.81. The third-order valence-corrected chi connectivity index (χ3v) is 5.85. The van der Waals surface area contributed by atoms with Gasteiger partial charge in [0.1, 0.15) is 11.1 Å². The molecule has 1 amide bonds. The van der Waals surface area contributed by atoms with Crippen LogP contribution in [0.5, 0.6) is 0 Å². The minimum atomic E-state index is -0.439. The lowest BCUT2D eigenvalue weighted by atomic mass is 10.1. The van der Waals surface area contributed by atoms with Gasteiger partial charge in [-0.05, 0) is 42.7 Å².